The Balaban J connectivity index is 1.80. The van der Waals surface area contributed by atoms with E-state index in [9.17, 15) is 9.59 Å². The van der Waals surface area contributed by atoms with E-state index < -0.39 is 6.04 Å². The van der Waals surface area contributed by atoms with Gasteiger partial charge in [-0.15, -0.1) is 0 Å². The van der Waals surface area contributed by atoms with E-state index in [-0.39, 0.29) is 17.9 Å². The molecule has 2 saturated heterocycles. The minimum Gasteiger partial charge on any atom is -0.335 e. The molecule has 1 aromatic heterocycles. The number of hydrogen-bond acceptors (Lipinski definition) is 5. The largest absolute Gasteiger partial charge is 0.335 e. The molecule has 124 valence electrons. The fourth-order valence-corrected chi connectivity index (χ4v) is 3.38. The van der Waals surface area contributed by atoms with Gasteiger partial charge < -0.3 is 14.7 Å². The molecule has 2 fully saturated rings. The molecule has 0 spiro atoms. The molecule has 23 heavy (non-hydrogen) atoms. The predicted molar refractivity (Wildman–Crippen MR) is 84.9 cm³/mol. The van der Waals surface area contributed by atoms with Crippen molar-refractivity contribution in [2.75, 3.05) is 27.2 Å². The molecule has 7 heteroatoms. The normalized spacial score (nSPS) is 27.5. The fourth-order valence-electron chi connectivity index (χ4n) is 3.38. The summed E-state index contributed by atoms with van der Waals surface area (Å²) in [6.45, 7) is 4.92. The van der Waals surface area contributed by atoms with E-state index in [4.69, 9.17) is 0 Å². The zero-order valence-corrected chi connectivity index (χ0v) is 14.1. The maximum absolute atomic E-state index is 12.7. The monoisotopic (exact) mass is 317 g/mol. The molecule has 0 N–H and O–H groups in total. The summed E-state index contributed by atoms with van der Waals surface area (Å²) < 4.78 is 0. The van der Waals surface area contributed by atoms with Crippen molar-refractivity contribution in [3.8, 4) is 0 Å². The minimum atomic E-state index is -0.456. The van der Waals surface area contributed by atoms with E-state index in [0.29, 0.717) is 18.3 Å². The van der Waals surface area contributed by atoms with Crippen LogP contribution in [-0.4, -0.2) is 81.8 Å². The summed E-state index contributed by atoms with van der Waals surface area (Å²) in [6.07, 6.45) is 3.96. The lowest BCUT2D eigenvalue weighted by atomic mass is 10.1. The van der Waals surface area contributed by atoms with Crippen molar-refractivity contribution in [2.45, 2.75) is 38.4 Å². The second kappa shape index (κ2) is 5.88. The van der Waals surface area contributed by atoms with Crippen molar-refractivity contribution in [3.63, 3.8) is 0 Å². The third kappa shape index (κ3) is 2.81. The maximum atomic E-state index is 12.7. The first-order valence-corrected chi connectivity index (χ1v) is 7.95. The van der Waals surface area contributed by atoms with Crippen molar-refractivity contribution in [1.29, 1.82) is 0 Å². The molecule has 0 aliphatic carbocycles. The third-order valence-electron chi connectivity index (χ3n) is 4.90. The van der Waals surface area contributed by atoms with Crippen LogP contribution in [-0.2, 0) is 4.79 Å². The van der Waals surface area contributed by atoms with Crippen LogP contribution in [0.4, 0.5) is 0 Å². The number of hydrogen-bond donors (Lipinski definition) is 0. The quantitative estimate of drug-likeness (QED) is 0.777. The van der Waals surface area contributed by atoms with Crippen molar-refractivity contribution in [1.82, 2.24) is 24.7 Å². The SMILES string of the molecule is Cc1cnc(C(=O)N2C[C@@H]3C[C@H](N(C)C)CN3C(=O)[C@@H]2C)cn1. The molecule has 3 heterocycles. The Morgan fingerprint density at radius 3 is 2.61 bits per heavy atom. The van der Waals surface area contributed by atoms with Crippen LogP contribution in [0.2, 0.25) is 0 Å². The van der Waals surface area contributed by atoms with Gasteiger partial charge in [-0.25, -0.2) is 4.98 Å². The summed E-state index contributed by atoms with van der Waals surface area (Å²) in [5.41, 5.74) is 1.06. The molecule has 2 amide bonds. The Labute approximate surface area is 136 Å². The molecule has 3 rings (SSSR count). The summed E-state index contributed by atoms with van der Waals surface area (Å²) in [7, 11) is 4.06. The topological polar surface area (TPSA) is 69.6 Å². The van der Waals surface area contributed by atoms with Gasteiger partial charge in [-0.3, -0.25) is 14.6 Å². The van der Waals surface area contributed by atoms with E-state index in [0.717, 1.165) is 18.7 Å². The molecule has 0 unspecified atom stereocenters. The first-order chi connectivity index (χ1) is 10.9. The molecule has 7 nitrogen and oxygen atoms in total. The second-order valence-electron chi connectivity index (χ2n) is 6.67. The van der Waals surface area contributed by atoms with Crippen LogP contribution in [0.15, 0.2) is 12.4 Å². The van der Waals surface area contributed by atoms with Gasteiger partial charge >= 0.3 is 0 Å². The highest BCUT2D eigenvalue weighted by Gasteiger charge is 2.45. The Kier molecular flexibility index (Phi) is 4.06. The predicted octanol–water partition coefficient (Wildman–Crippen LogP) is 0.160. The molecule has 2 aliphatic rings. The summed E-state index contributed by atoms with van der Waals surface area (Å²) in [5.74, 6) is -0.190. The first-order valence-electron chi connectivity index (χ1n) is 7.95. The number of carbonyl (C=O) groups excluding carboxylic acids is 2. The average Bonchev–Trinajstić information content (AvgIpc) is 2.95. The summed E-state index contributed by atoms with van der Waals surface area (Å²) in [4.78, 5) is 39.4. The Morgan fingerprint density at radius 1 is 1.26 bits per heavy atom. The van der Waals surface area contributed by atoms with E-state index >= 15 is 0 Å². The van der Waals surface area contributed by atoms with Gasteiger partial charge in [0, 0.05) is 25.3 Å². The number of carbonyl (C=O) groups is 2. The highest BCUT2D eigenvalue weighted by Crippen LogP contribution is 2.28. The lowest BCUT2D eigenvalue weighted by Crippen LogP contribution is -2.60. The molecule has 0 radical (unpaired) electrons. The van der Waals surface area contributed by atoms with Crippen molar-refractivity contribution < 1.29 is 9.59 Å². The lowest BCUT2D eigenvalue weighted by Gasteiger charge is -2.41. The van der Waals surface area contributed by atoms with Crippen LogP contribution >= 0.6 is 0 Å². The smallest absolute Gasteiger partial charge is 0.274 e. The van der Waals surface area contributed by atoms with Crippen LogP contribution in [0.5, 0.6) is 0 Å². The van der Waals surface area contributed by atoms with Gasteiger partial charge in [0.2, 0.25) is 5.91 Å². The molecule has 3 atom stereocenters. The standard InChI is InChI=1S/C16H23N5O2/c1-10-6-18-14(7-17-10)16(23)20-9-13-5-12(19(3)4)8-21(13)15(22)11(20)2/h6-7,11-13H,5,8-9H2,1-4H3/t11-,12-,13-/m0/s1. The number of aryl methyl sites for hydroxylation is 1. The van der Waals surface area contributed by atoms with E-state index in [1.165, 1.54) is 6.20 Å². The zero-order chi connectivity index (χ0) is 16.7. The molecular formula is C16H23N5O2. The molecule has 0 bridgehead atoms. The number of nitrogens with zero attached hydrogens (tertiary/aromatic N) is 5. The first kappa shape index (κ1) is 15.9. The van der Waals surface area contributed by atoms with Gasteiger partial charge in [-0.1, -0.05) is 0 Å². The van der Waals surface area contributed by atoms with Gasteiger partial charge in [-0.2, -0.15) is 0 Å². The third-order valence-corrected chi connectivity index (χ3v) is 4.90. The molecule has 1 aromatic rings. The van der Waals surface area contributed by atoms with Gasteiger partial charge in [0.15, 0.2) is 0 Å². The summed E-state index contributed by atoms with van der Waals surface area (Å²) in [5, 5.41) is 0. The van der Waals surface area contributed by atoms with Crippen LogP contribution in [0.1, 0.15) is 29.5 Å². The van der Waals surface area contributed by atoms with Crippen LogP contribution in [0.25, 0.3) is 0 Å². The van der Waals surface area contributed by atoms with Crippen molar-refractivity contribution in [2.24, 2.45) is 0 Å². The molecule has 0 aromatic carbocycles. The highest BCUT2D eigenvalue weighted by atomic mass is 16.2. The highest BCUT2D eigenvalue weighted by molar-refractivity contribution is 5.96. The summed E-state index contributed by atoms with van der Waals surface area (Å²) in [6, 6.07) is -0.0124. The number of aromatic nitrogens is 2. The Hall–Kier alpha value is -2.02. The maximum Gasteiger partial charge on any atom is 0.274 e. The fraction of sp³-hybridized carbons (Fsp3) is 0.625. The minimum absolute atomic E-state index is 0.0269. The van der Waals surface area contributed by atoms with Gasteiger partial charge in [0.25, 0.3) is 5.91 Å². The number of fused-ring (bicyclic) bond motifs is 1. The molecular weight excluding hydrogens is 294 g/mol. The van der Waals surface area contributed by atoms with Crippen molar-refractivity contribution in [3.05, 3.63) is 23.8 Å². The Bertz CT molecular complexity index is 615. The van der Waals surface area contributed by atoms with Gasteiger partial charge in [0.1, 0.15) is 11.7 Å². The lowest BCUT2D eigenvalue weighted by molar-refractivity contribution is -0.141. The Morgan fingerprint density at radius 2 is 2.00 bits per heavy atom. The molecule has 0 saturated carbocycles. The summed E-state index contributed by atoms with van der Waals surface area (Å²) >= 11 is 0. The number of piperazine rings is 1. The zero-order valence-electron chi connectivity index (χ0n) is 14.1. The van der Waals surface area contributed by atoms with Crippen LogP contribution in [0, 0.1) is 6.92 Å². The van der Waals surface area contributed by atoms with Gasteiger partial charge in [-0.05, 0) is 34.4 Å². The van der Waals surface area contributed by atoms with Crippen LogP contribution in [0.3, 0.4) is 0 Å². The second-order valence-corrected chi connectivity index (χ2v) is 6.67. The molecule has 2 aliphatic heterocycles. The number of amides is 2. The van der Waals surface area contributed by atoms with Crippen LogP contribution < -0.4 is 0 Å². The number of likely N-dealkylation sites (N-methyl/N-ethyl adjacent to an activating group) is 1. The van der Waals surface area contributed by atoms with Gasteiger partial charge in [0.05, 0.1) is 17.9 Å². The van der Waals surface area contributed by atoms with E-state index in [1.54, 1.807) is 18.0 Å². The van der Waals surface area contributed by atoms with Crippen molar-refractivity contribution >= 4 is 11.8 Å². The average molecular weight is 317 g/mol. The number of rotatable bonds is 2. The van der Waals surface area contributed by atoms with E-state index in [2.05, 4.69) is 14.9 Å². The van der Waals surface area contributed by atoms with E-state index in [1.807, 2.05) is 25.9 Å².